The van der Waals surface area contributed by atoms with Crippen LogP contribution in [-0.2, 0) is 4.79 Å². The molecule has 5 heteroatoms. The number of carboxylic acids is 1. The highest BCUT2D eigenvalue weighted by molar-refractivity contribution is 5.71. The second-order valence-corrected chi connectivity index (χ2v) is 8.07. The van der Waals surface area contributed by atoms with Gasteiger partial charge in [-0.25, -0.2) is 4.79 Å². The van der Waals surface area contributed by atoms with E-state index in [2.05, 4.69) is 6.92 Å². The van der Waals surface area contributed by atoms with E-state index in [0.717, 1.165) is 64.2 Å². The third-order valence-corrected chi connectivity index (χ3v) is 5.27. The van der Waals surface area contributed by atoms with Crippen LogP contribution in [-0.4, -0.2) is 38.3 Å². The van der Waals surface area contributed by atoms with Gasteiger partial charge in [-0.1, -0.05) is 90.4 Å². The second-order valence-electron chi connectivity index (χ2n) is 8.07. The van der Waals surface area contributed by atoms with E-state index >= 15 is 0 Å². The molecule has 0 aromatic heterocycles. The Morgan fingerprint density at radius 3 is 1.48 bits per heavy atom. The maximum Gasteiger partial charge on any atom is 0.332 e. The molecule has 162 valence electrons. The van der Waals surface area contributed by atoms with E-state index in [0.29, 0.717) is 19.3 Å². The van der Waals surface area contributed by atoms with E-state index in [1.807, 2.05) is 0 Å². The topological polar surface area (TPSA) is 98.0 Å². The maximum absolute atomic E-state index is 10.5. The summed E-state index contributed by atoms with van der Waals surface area (Å²) in [6, 6.07) is 0. The van der Waals surface area contributed by atoms with Gasteiger partial charge >= 0.3 is 5.97 Å². The zero-order valence-corrected chi connectivity index (χ0v) is 17.5. The third-order valence-electron chi connectivity index (χ3n) is 5.27. The lowest BCUT2D eigenvalue weighted by Crippen LogP contribution is -2.27. The molecule has 0 radical (unpaired) electrons. The molecule has 0 aliphatic carbocycles. The molecule has 0 fully saturated rings. The number of carboxylic acid groups (broad SMARTS) is 1. The third kappa shape index (κ3) is 18.5. The molecular formula is C22H44O5. The van der Waals surface area contributed by atoms with E-state index in [4.69, 9.17) is 10.2 Å². The summed E-state index contributed by atoms with van der Waals surface area (Å²) in [6.07, 6.45) is 16.4. The minimum atomic E-state index is -1.49. The molecule has 0 aromatic carbocycles. The summed E-state index contributed by atoms with van der Waals surface area (Å²) in [5.74, 6) is -2.63. The lowest BCUT2D eigenvalue weighted by atomic mass is 9.99. The van der Waals surface area contributed by atoms with Crippen molar-refractivity contribution >= 4 is 5.97 Å². The molecule has 0 rings (SSSR count). The average molecular weight is 389 g/mol. The van der Waals surface area contributed by atoms with Gasteiger partial charge in [0.15, 0.2) is 11.9 Å². The fraction of sp³-hybridized carbons (Fsp3) is 0.955. The highest BCUT2D eigenvalue weighted by Gasteiger charge is 2.21. The molecular weight excluding hydrogens is 344 g/mol. The lowest BCUT2D eigenvalue weighted by molar-refractivity contribution is -0.172. The summed E-state index contributed by atoms with van der Waals surface area (Å²) in [6.45, 7) is 2.21. The summed E-state index contributed by atoms with van der Waals surface area (Å²) < 4.78 is 0. The molecule has 0 saturated carbocycles. The van der Waals surface area contributed by atoms with Crippen LogP contribution in [0.5, 0.6) is 0 Å². The van der Waals surface area contributed by atoms with Gasteiger partial charge in [0, 0.05) is 12.8 Å². The summed E-state index contributed by atoms with van der Waals surface area (Å²) in [4.78, 5) is 10.5. The van der Waals surface area contributed by atoms with Gasteiger partial charge in [-0.05, 0) is 19.3 Å². The number of hydrogen-bond acceptors (Lipinski definition) is 4. The first-order valence-electron chi connectivity index (χ1n) is 11.2. The molecule has 0 amide bonds. The van der Waals surface area contributed by atoms with Crippen molar-refractivity contribution in [2.24, 2.45) is 0 Å². The second kappa shape index (κ2) is 17.4. The summed E-state index contributed by atoms with van der Waals surface area (Å²) in [7, 11) is 0. The zero-order valence-electron chi connectivity index (χ0n) is 17.5. The summed E-state index contributed by atoms with van der Waals surface area (Å²) in [5.41, 5.74) is 0. The molecule has 0 aliphatic rings. The van der Waals surface area contributed by atoms with Crippen molar-refractivity contribution in [3.8, 4) is 0 Å². The first-order valence-corrected chi connectivity index (χ1v) is 11.2. The van der Waals surface area contributed by atoms with Gasteiger partial charge in [-0.15, -0.1) is 0 Å². The predicted octanol–water partition coefficient (Wildman–Crippen LogP) is 5.15. The minimum absolute atomic E-state index is 0.336. The first-order chi connectivity index (χ1) is 12.9. The molecule has 0 saturated heterocycles. The van der Waals surface area contributed by atoms with Crippen molar-refractivity contribution in [2.75, 3.05) is 0 Å². The van der Waals surface area contributed by atoms with Crippen molar-refractivity contribution in [3.05, 3.63) is 0 Å². The summed E-state index contributed by atoms with van der Waals surface area (Å²) in [5, 5.41) is 37.8. The Balaban J connectivity index is 3.38. The normalized spacial score (nSPS) is 13.0. The quantitative estimate of drug-likeness (QED) is 0.171. The fourth-order valence-electron chi connectivity index (χ4n) is 3.42. The fourth-order valence-corrected chi connectivity index (χ4v) is 3.42. The van der Waals surface area contributed by atoms with Crippen LogP contribution in [0, 0.1) is 0 Å². The SMILES string of the molecule is CCCCCCCCCC(O)(O)CCCCCCCCCCC(O)C(=O)O. The molecule has 27 heavy (non-hydrogen) atoms. The number of unbranched alkanes of at least 4 members (excludes halogenated alkanes) is 13. The number of aliphatic carboxylic acids is 1. The molecule has 4 N–H and O–H groups in total. The molecule has 0 heterocycles. The summed E-state index contributed by atoms with van der Waals surface area (Å²) >= 11 is 0. The Labute approximate surface area is 166 Å². The van der Waals surface area contributed by atoms with Gasteiger partial charge in [-0.2, -0.15) is 0 Å². The van der Waals surface area contributed by atoms with Crippen LogP contribution >= 0.6 is 0 Å². The average Bonchev–Trinajstić information content (AvgIpc) is 2.62. The zero-order chi connectivity index (χ0) is 20.4. The maximum atomic E-state index is 10.5. The van der Waals surface area contributed by atoms with Crippen molar-refractivity contribution in [2.45, 2.75) is 134 Å². The Morgan fingerprint density at radius 1 is 0.704 bits per heavy atom. The van der Waals surface area contributed by atoms with Crippen molar-refractivity contribution in [3.63, 3.8) is 0 Å². The lowest BCUT2D eigenvalue weighted by Gasteiger charge is -2.21. The molecule has 1 unspecified atom stereocenters. The molecule has 0 aromatic rings. The van der Waals surface area contributed by atoms with Crippen molar-refractivity contribution < 1.29 is 25.2 Å². The van der Waals surface area contributed by atoms with Crippen LogP contribution in [0.25, 0.3) is 0 Å². The number of rotatable bonds is 20. The Bertz CT molecular complexity index is 344. The van der Waals surface area contributed by atoms with Crippen molar-refractivity contribution in [1.82, 2.24) is 0 Å². The highest BCUT2D eigenvalue weighted by Crippen LogP contribution is 2.21. The van der Waals surface area contributed by atoms with Crippen LogP contribution in [0.3, 0.4) is 0 Å². The Kier molecular flexibility index (Phi) is 17.0. The van der Waals surface area contributed by atoms with Gasteiger partial charge in [0.25, 0.3) is 0 Å². The van der Waals surface area contributed by atoms with Crippen LogP contribution in [0.15, 0.2) is 0 Å². The molecule has 0 aliphatic heterocycles. The number of aliphatic hydroxyl groups is 3. The molecule has 0 bridgehead atoms. The van der Waals surface area contributed by atoms with Crippen LogP contribution < -0.4 is 0 Å². The minimum Gasteiger partial charge on any atom is -0.479 e. The molecule has 0 spiro atoms. The van der Waals surface area contributed by atoms with E-state index < -0.39 is 17.9 Å². The van der Waals surface area contributed by atoms with E-state index in [1.54, 1.807) is 0 Å². The van der Waals surface area contributed by atoms with Crippen LogP contribution in [0.2, 0.25) is 0 Å². The van der Waals surface area contributed by atoms with Crippen molar-refractivity contribution in [1.29, 1.82) is 0 Å². The monoisotopic (exact) mass is 388 g/mol. The van der Waals surface area contributed by atoms with Crippen LogP contribution in [0.1, 0.15) is 122 Å². The number of hydrogen-bond donors (Lipinski definition) is 4. The Morgan fingerprint density at radius 2 is 1.07 bits per heavy atom. The number of aliphatic hydroxyl groups excluding tert-OH is 1. The standard InChI is InChI=1S/C22H44O5/c1-2-3-4-5-9-12-15-18-22(26,27)19-16-13-10-7-6-8-11-14-17-20(23)21(24)25/h20,23,26-27H,2-19H2,1H3,(H,24,25). The first kappa shape index (κ1) is 26.4. The number of carbonyl (C=O) groups is 1. The van der Waals surface area contributed by atoms with Gasteiger partial charge in [0.1, 0.15) is 0 Å². The van der Waals surface area contributed by atoms with Gasteiger partial charge in [-0.3, -0.25) is 0 Å². The largest absolute Gasteiger partial charge is 0.479 e. The molecule has 1 atom stereocenters. The van der Waals surface area contributed by atoms with Gasteiger partial charge < -0.3 is 20.4 Å². The van der Waals surface area contributed by atoms with Gasteiger partial charge in [0.2, 0.25) is 0 Å². The highest BCUT2D eigenvalue weighted by atomic mass is 16.5. The van der Waals surface area contributed by atoms with E-state index in [-0.39, 0.29) is 0 Å². The van der Waals surface area contributed by atoms with E-state index in [1.165, 1.54) is 32.1 Å². The molecule has 5 nitrogen and oxygen atoms in total. The van der Waals surface area contributed by atoms with E-state index in [9.17, 15) is 15.0 Å². The predicted molar refractivity (Wildman–Crippen MR) is 110 cm³/mol. The van der Waals surface area contributed by atoms with Crippen LogP contribution in [0.4, 0.5) is 0 Å². The Hall–Kier alpha value is -0.650. The smallest absolute Gasteiger partial charge is 0.332 e. The van der Waals surface area contributed by atoms with Gasteiger partial charge in [0.05, 0.1) is 0 Å².